The summed E-state index contributed by atoms with van der Waals surface area (Å²) in [6.07, 6.45) is 1.63. The van der Waals surface area contributed by atoms with Crippen molar-refractivity contribution in [3.63, 3.8) is 0 Å². The van der Waals surface area contributed by atoms with E-state index in [1.807, 2.05) is 55.1 Å². The van der Waals surface area contributed by atoms with Crippen molar-refractivity contribution in [2.24, 2.45) is 10.1 Å². The highest BCUT2D eigenvalue weighted by atomic mass is 32.1. The van der Waals surface area contributed by atoms with Gasteiger partial charge in [-0.3, -0.25) is 4.99 Å². The third-order valence-corrected chi connectivity index (χ3v) is 4.97. The van der Waals surface area contributed by atoms with Crippen molar-refractivity contribution < 1.29 is 18.6 Å². The molecule has 29 heavy (non-hydrogen) atoms. The fourth-order valence-corrected chi connectivity index (χ4v) is 3.78. The summed E-state index contributed by atoms with van der Waals surface area (Å²) in [7, 11) is 4.78. The zero-order valence-electron chi connectivity index (χ0n) is 17.4. The summed E-state index contributed by atoms with van der Waals surface area (Å²) in [6, 6.07) is 7.65. The van der Waals surface area contributed by atoms with Gasteiger partial charge in [-0.15, -0.1) is 11.3 Å². The summed E-state index contributed by atoms with van der Waals surface area (Å²) in [4.78, 5) is 5.50. The van der Waals surface area contributed by atoms with Gasteiger partial charge in [0.1, 0.15) is 11.5 Å². The zero-order chi connectivity index (χ0) is 21.0. The third kappa shape index (κ3) is 4.37. The number of rotatable bonds is 7. The minimum absolute atomic E-state index is 0.131. The fraction of sp³-hybridized carbons (Fsp3) is 0.333. The largest absolute Gasteiger partial charge is 0.493 e. The van der Waals surface area contributed by atoms with Crippen molar-refractivity contribution in [2.45, 2.75) is 26.8 Å². The summed E-state index contributed by atoms with van der Waals surface area (Å²) in [5.41, 5.74) is 2.48. The van der Waals surface area contributed by atoms with Crippen molar-refractivity contribution >= 4 is 17.0 Å². The van der Waals surface area contributed by atoms with E-state index in [9.17, 15) is 0 Å². The fourth-order valence-electron chi connectivity index (χ4n) is 2.82. The lowest BCUT2D eigenvalue weighted by Crippen LogP contribution is -2.16. The van der Waals surface area contributed by atoms with Gasteiger partial charge in [0.25, 0.3) is 0 Å². The average molecular weight is 416 g/mol. The van der Waals surface area contributed by atoms with Crippen molar-refractivity contribution in [3.8, 4) is 28.5 Å². The summed E-state index contributed by atoms with van der Waals surface area (Å²) in [5, 5.41) is 6.80. The number of benzene rings is 1. The molecule has 0 saturated heterocycles. The van der Waals surface area contributed by atoms with E-state index in [2.05, 4.69) is 0 Å². The van der Waals surface area contributed by atoms with Gasteiger partial charge in [0.05, 0.1) is 33.3 Å². The molecule has 0 aliphatic rings. The number of hydrogen-bond donors (Lipinski definition) is 0. The predicted octanol–water partition coefficient (Wildman–Crippen LogP) is 4.42. The van der Waals surface area contributed by atoms with Crippen LogP contribution in [0.1, 0.15) is 26.5 Å². The summed E-state index contributed by atoms with van der Waals surface area (Å²) in [6.45, 7) is 5.97. The number of hydrogen-bond acceptors (Lipinski definition) is 7. The summed E-state index contributed by atoms with van der Waals surface area (Å²) >= 11 is 1.52. The van der Waals surface area contributed by atoms with Crippen LogP contribution in [-0.4, -0.2) is 37.8 Å². The van der Waals surface area contributed by atoms with Gasteiger partial charge in [0, 0.05) is 17.0 Å². The molecular formula is C21H25N3O4S. The highest BCUT2D eigenvalue weighted by Gasteiger charge is 2.17. The lowest BCUT2D eigenvalue weighted by Gasteiger charge is -2.14. The topological polar surface area (TPSA) is 70.5 Å². The van der Waals surface area contributed by atoms with Crippen LogP contribution >= 0.6 is 11.3 Å². The Morgan fingerprint density at radius 2 is 1.79 bits per heavy atom. The average Bonchev–Trinajstić information content (AvgIpc) is 3.37. The van der Waals surface area contributed by atoms with E-state index >= 15 is 0 Å². The summed E-state index contributed by atoms with van der Waals surface area (Å²) < 4.78 is 23.8. The van der Waals surface area contributed by atoms with Gasteiger partial charge in [-0.1, -0.05) is 0 Å². The van der Waals surface area contributed by atoms with Crippen LogP contribution in [0.3, 0.4) is 0 Å². The molecule has 1 aromatic carbocycles. The Bertz CT molecular complexity index is 1040. The smallest absolute Gasteiger partial charge is 0.206 e. The molecule has 2 heterocycles. The predicted molar refractivity (Wildman–Crippen MR) is 114 cm³/mol. The molecule has 2 aromatic heterocycles. The van der Waals surface area contributed by atoms with Crippen molar-refractivity contribution in [3.05, 3.63) is 46.5 Å². The van der Waals surface area contributed by atoms with Gasteiger partial charge >= 0.3 is 0 Å². The Balaban J connectivity index is 2.23. The minimum Gasteiger partial charge on any atom is -0.493 e. The SMILES string of the molecule is COc1cc(-c2csc(=NC(C)C)n2N=C(C)c2ccco2)cc(OC)c1OC. The Kier molecular flexibility index (Phi) is 6.43. The van der Waals surface area contributed by atoms with Crippen LogP contribution in [0.25, 0.3) is 11.3 Å². The highest BCUT2D eigenvalue weighted by molar-refractivity contribution is 7.07. The van der Waals surface area contributed by atoms with E-state index < -0.39 is 0 Å². The molecule has 3 rings (SSSR count). The van der Waals surface area contributed by atoms with Crippen LogP contribution in [0.5, 0.6) is 17.2 Å². The normalized spacial score (nSPS) is 12.5. The molecule has 0 spiro atoms. The molecule has 0 aliphatic carbocycles. The second-order valence-corrected chi connectivity index (χ2v) is 7.35. The maximum atomic E-state index is 5.51. The molecule has 154 valence electrons. The molecule has 0 fully saturated rings. The number of thiazole rings is 1. The monoisotopic (exact) mass is 415 g/mol. The van der Waals surface area contributed by atoms with Crippen LogP contribution in [-0.2, 0) is 0 Å². The van der Waals surface area contributed by atoms with E-state index in [4.69, 9.17) is 28.7 Å². The van der Waals surface area contributed by atoms with E-state index in [0.29, 0.717) is 23.0 Å². The molecule has 0 bridgehead atoms. The van der Waals surface area contributed by atoms with Crippen LogP contribution in [0.4, 0.5) is 0 Å². The van der Waals surface area contributed by atoms with E-state index in [0.717, 1.165) is 21.8 Å². The van der Waals surface area contributed by atoms with E-state index in [1.54, 1.807) is 27.6 Å². The molecule has 0 amide bonds. The van der Waals surface area contributed by atoms with Crippen molar-refractivity contribution in [1.82, 2.24) is 4.68 Å². The maximum Gasteiger partial charge on any atom is 0.206 e. The lowest BCUT2D eigenvalue weighted by molar-refractivity contribution is 0.324. The molecule has 0 N–H and O–H groups in total. The first-order chi connectivity index (χ1) is 14.0. The van der Waals surface area contributed by atoms with Crippen LogP contribution < -0.4 is 19.0 Å². The second kappa shape index (κ2) is 9.00. The van der Waals surface area contributed by atoms with Gasteiger partial charge in [-0.05, 0) is 45.0 Å². The van der Waals surface area contributed by atoms with Crippen LogP contribution in [0, 0.1) is 0 Å². The number of furan rings is 1. The molecule has 3 aromatic rings. The Morgan fingerprint density at radius 3 is 2.31 bits per heavy atom. The van der Waals surface area contributed by atoms with Gasteiger partial charge in [0.15, 0.2) is 11.5 Å². The molecule has 7 nitrogen and oxygen atoms in total. The second-order valence-electron chi connectivity index (χ2n) is 6.51. The third-order valence-electron chi connectivity index (χ3n) is 4.14. The van der Waals surface area contributed by atoms with Crippen LogP contribution in [0.2, 0.25) is 0 Å². The standard InChI is InChI=1S/C21H25N3O4S/c1-13(2)22-21-24(23-14(3)17-8-7-9-28-17)16(12-29-21)15-10-18(25-4)20(27-6)19(11-15)26-5/h7-13H,1-6H3. The van der Waals surface area contributed by atoms with Crippen LogP contribution in [0.15, 0.2) is 50.4 Å². The van der Waals surface area contributed by atoms with Crippen molar-refractivity contribution in [2.75, 3.05) is 21.3 Å². The zero-order valence-corrected chi connectivity index (χ0v) is 18.2. The number of methoxy groups -OCH3 is 3. The maximum absolute atomic E-state index is 5.51. The molecule has 0 saturated carbocycles. The first-order valence-electron chi connectivity index (χ1n) is 9.12. The number of aromatic nitrogens is 1. The molecule has 0 aliphatic heterocycles. The quantitative estimate of drug-likeness (QED) is 0.536. The molecule has 0 atom stereocenters. The number of nitrogens with zero attached hydrogens (tertiary/aromatic N) is 3. The van der Waals surface area contributed by atoms with Crippen molar-refractivity contribution in [1.29, 1.82) is 0 Å². The first-order valence-corrected chi connectivity index (χ1v) is 10.0. The molecule has 0 radical (unpaired) electrons. The molecular weight excluding hydrogens is 390 g/mol. The van der Waals surface area contributed by atoms with E-state index in [-0.39, 0.29) is 6.04 Å². The minimum atomic E-state index is 0.131. The highest BCUT2D eigenvalue weighted by Crippen LogP contribution is 2.41. The Labute approximate surface area is 173 Å². The molecule has 8 heteroatoms. The van der Waals surface area contributed by atoms with Gasteiger partial charge in [-0.2, -0.15) is 5.10 Å². The van der Waals surface area contributed by atoms with E-state index in [1.165, 1.54) is 11.3 Å². The first kappa shape index (κ1) is 20.7. The van der Waals surface area contributed by atoms with Gasteiger partial charge in [0.2, 0.25) is 10.6 Å². The van der Waals surface area contributed by atoms with Gasteiger partial charge in [-0.25, -0.2) is 4.68 Å². The Hall–Kier alpha value is -3.00. The number of ether oxygens (including phenoxy) is 3. The Morgan fingerprint density at radius 1 is 1.10 bits per heavy atom. The molecule has 0 unspecified atom stereocenters. The lowest BCUT2D eigenvalue weighted by atomic mass is 10.1. The summed E-state index contributed by atoms with van der Waals surface area (Å²) in [5.74, 6) is 2.40. The van der Waals surface area contributed by atoms with Gasteiger partial charge < -0.3 is 18.6 Å².